The Hall–Kier alpha value is -1.02. The summed E-state index contributed by atoms with van der Waals surface area (Å²) in [5, 5.41) is 0. The fraction of sp³-hybridized carbons (Fsp3) is 0.538. The molecule has 1 fully saturated rings. The number of aryl methyl sites for hydroxylation is 1. The van der Waals surface area contributed by atoms with E-state index < -0.39 is 0 Å². The molecule has 0 aliphatic carbocycles. The minimum atomic E-state index is 0.351. The topological polar surface area (TPSA) is 29.3 Å². The molecule has 0 aromatic heterocycles. The van der Waals surface area contributed by atoms with Crippen LogP contribution in [0.1, 0.15) is 25.3 Å². The fourth-order valence-corrected chi connectivity index (χ4v) is 2.35. The van der Waals surface area contributed by atoms with Gasteiger partial charge in [-0.25, -0.2) is 0 Å². The average Bonchev–Trinajstić information content (AvgIpc) is 2.29. The van der Waals surface area contributed by atoms with E-state index in [1.54, 1.807) is 0 Å². The van der Waals surface area contributed by atoms with Crippen molar-refractivity contribution in [1.82, 2.24) is 0 Å². The lowest BCUT2D eigenvalue weighted by atomic mass is 10.0. The molecular weight excluding hydrogens is 184 g/mol. The number of hydrogen-bond donors (Lipinski definition) is 1. The van der Waals surface area contributed by atoms with Gasteiger partial charge in [-0.3, -0.25) is 0 Å². The zero-order valence-corrected chi connectivity index (χ0v) is 9.45. The van der Waals surface area contributed by atoms with Gasteiger partial charge >= 0.3 is 0 Å². The normalized spacial score (nSPS) is 21.7. The van der Waals surface area contributed by atoms with Gasteiger partial charge in [0, 0.05) is 24.8 Å². The van der Waals surface area contributed by atoms with Gasteiger partial charge in [0.2, 0.25) is 0 Å². The highest BCUT2D eigenvalue weighted by atomic mass is 15.1. The second-order valence-electron chi connectivity index (χ2n) is 4.33. The number of piperidine rings is 1. The average molecular weight is 204 g/mol. The molecule has 0 amide bonds. The standard InChI is InChI=1S/C13H20N2/c1-2-11-6-3-4-8-13(11)15-9-5-7-12(14)10-15/h3-4,6,8,12H,2,5,7,9-10,14H2,1H3. The molecule has 1 heterocycles. The van der Waals surface area contributed by atoms with Gasteiger partial charge in [0.1, 0.15) is 0 Å². The summed E-state index contributed by atoms with van der Waals surface area (Å²) in [5.41, 5.74) is 8.83. The number of para-hydroxylation sites is 1. The molecule has 1 saturated heterocycles. The molecular formula is C13H20N2. The summed E-state index contributed by atoms with van der Waals surface area (Å²) in [6, 6.07) is 9.02. The van der Waals surface area contributed by atoms with E-state index in [9.17, 15) is 0 Å². The first-order valence-corrected chi connectivity index (χ1v) is 5.89. The third-order valence-electron chi connectivity index (χ3n) is 3.17. The number of nitrogens with two attached hydrogens (primary N) is 1. The van der Waals surface area contributed by atoms with Crippen LogP contribution in [0.2, 0.25) is 0 Å². The first-order chi connectivity index (χ1) is 7.31. The van der Waals surface area contributed by atoms with Crippen LogP contribution in [0.3, 0.4) is 0 Å². The maximum absolute atomic E-state index is 6.01. The van der Waals surface area contributed by atoms with Crippen LogP contribution in [0.15, 0.2) is 24.3 Å². The first kappa shape index (κ1) is 10.5. The Morgan fingerprint density at radius 3 is 2.93 bits per heavy atom. The Morgan fingerprint density at radius 1 is 1.40 bits per heavy atom. The van der Waals surface area contributed by atoms with Crippen molar-refractivity contribution in [3.8, 4) is 0 Å². The van der Waals surface area contributed by atoms with Gasteiger partial charge in [0.15, 0.2) is 0 Å². The highest BCUT2D eigenvalue weighted by Gasteiger charge is 2.18. The molecule has 2 rings (SSSR count). The molecule has 1 aliphatic heterocycles. The maximum atomic E-state index is 6.01. The van der Waals surface area contributed by atoms with E-state index in [2.05, 4.69) is 36.1 Å². The minimum Gasteiger partial charge on any atom is -0.370 e. The Morgan fingerprint density at radius 2 is 2.20 bits per heavy atom. The molecule has 2 nitrogen and oxygen atoms in total. The van der Waals surface area contributed by atoms with Crippen LogP contribution in [0, 0.1) is 0 Å². The first-order valence-electron chi connectivity index (χ1n) is 5.89. The zero-order chi connectivity index (χ0) is 10.7. The van der Waals surface area contributed by atoms with E-state index in [4.69, 9.17) is 5.73 Å². The molecule has 1 aromatic rings. The van der Waals surface area contributed by atoms with Crippen LogP contribution in [-0.4, -0.2) is 19.1 Å². The maximum Gasteiger partial charge on any atom is 0.0399 e. The lowest BCUT2D eigenvalue weighted by Gasteiger charge is -2.33. The predicted molar refractivity (Wildman–Crippen MR) is 65.2 cm³/mol. The van der Waals surface area contributed by atoms with Crippen LogP contribution in [0.25, 0.3) is 0 Å². The van der Waals surface area contributed by atoms with Gasteiger partial charge in [0.25, 0.3) is 0 Å². The second-order valence-corrected chi connectivity index (χ2v) is 4.33. The number of hydrogen-bond acceptors (Lipinski definition) is 2. The Labute approximate surface area is 92.1 Å². The molecule has 0 bridgehead atoms. The summed E-state index contributed by atoms with van der Waals surface area (Å²) < 4.78 is 0. The van der Waals surface area contributed by atoms with Crippen molar-refractivity contribution >= 4 is 5.69 Å². The highest BCUT2D eigenvalue weighted by Crippen LogP contribution is 2.23. The third kappa shape index (κ3) is 2.32. The SMILES string of the molecule is CCc1ccccc1N1CCCC(N)C1. The zero-order valence-electron chi connectivity index (χ0n) is 9.45. The lowest BCUT2D eigenvalue weighted by molar-refractivity contribution is 0.505. The summed E-state index contributed by atoms with van der Waals surface area (Å²) in [6.45, 7) is 4.38. The molecule has 0 spiro atoms. The Kier molecular flexibility index (Phi) is 3.27. The van der Waals surface area contributed by atoms with Gasteiger partial charge in [-0.1, -0.05) is 25.1 Å². The summed E-state index contributed by atoms with van der Waals surface area (Å²) in [7, 11) is 0. The van der Waals surface area contributed by atoms with Gasteiger partial charge in [-0.15, -0.1) is 0 Å². The number of rotatable bonds is 2. The molecule has 2 heteroatoms. The summed E-state index contributed by atoms with van der Waals surface area (Å²) >= 11 is 0. The lowest BCUT2D eigenvalue weighted by Crippen LogP contribution is -2.43. The van der Waals surface area contributed by atoms with E-state index in [0.29, 0.717) is 6.04 Å². The summed E-state index contributed by atoms with van der Waals surface area (Å²) in [5.74, 6) is 0. The van der Waals surface area contributed by atoms with E-state index in [-0.39, 0.29) is 0 Å². The molecule has 1 unspecified atom stereocenters. The quantitative estimate of drug-likeness (QED) is 0.800. The minimum absolute atomic E-state index is 0.351. The van der Waals surface area contributed by atoms with Gasteiger partial charge in [-0.2, -0.15) is 0 Å². The van der Waals surface area contributed by atoms with Crippen molar-refractivity contribution in [1.29, 1.82) is 0 Å². The summed E-state index contributed by atoms with van der Waals surface area (Å²) in [6.07, 6.45) is 3.49. The van der Waals surface area contributed by atoms with E-state index in [0.717, 1.165) is 19.5 Å². The molecule has 1 aromatic carbocycles. The van der Waals surface area contributed by atoms with Crippen LogP contribution in [0.5, 0.6) is 0 Å². The van der Waals surface area contributed by atoms with Gasteiger partial charge < -0.3 is 10.6 Å². The van der Waals surface area contributed by atoms with E-state index >= 15 is 0 Å². The third-order valence-corrected chi connectivity index (χ3v) is 3.17. The molecule has 0 saturated carbocycles. The van der Waals surface area contributed by atoms with Crippen molar-refractivity contribution in [2.24, 2.45) is 5.73 Å². The molecule has 82 valence electrons. The van der Waals surface area contributed by atoms with Crippen molar-refractivity contribution in [2.45, 2.75) is 32.2 Å². The highest BCUT2D eigenvalue weighted by molar-refractivity contribution is 5.54. The molecule has 0 radical (unpaired) electrons. The second kappa shape index (κ2) is 4.67. The van der Waals surface area contributed by atoms with Crippen molar-refractivity contribution < 1.29 is 0 Å². The smallest absolute Gasteiger partial charge is 0.0399 e. The predicted octanol–water partition coefficient (Wildman–Crippen LogP) is 2.18. The molecule has 1 atom stereocenters. The van der Waals surface area contributed by atoms with Crippen molar-refractivity contribution in [3.05, 3.63) is 29.8 Å². The molecule has 1 aliphatic rings. The van der Waals surface area contributed by atoms with Crippen LogP contribution in [-0.2, 0) is 6.42 Å². The van der Waals surface area contributed by atoms with Crippen LogP contribution >= 0.6 is 0 Å². The van der Waals surface area contributed by atoms with E-state index in [1.807, 2.05) is 0 Å². The monoisotopic (exact) mass is 204 g/mol. The number of anilines is 1. The van der Waals surface area contributed by atoms with Crippen LogP contribution < -0.4 is 10.6 Å². The number of benzene rings is 1. The van der Waals surface area contributed by atoms with Crippen LogP contribution in [0.4, 0.5) is 5.69 Å². The van der Waals surface area contributed by atoms with E-state index in [1.165, 1.54) is 24.1 Å². The Balaban J connectivity index is 2.20. The summed E-state index contributed by atoms with van der Waals surface area (Å²) in [4.78, 5) is 2.44. The van der Waals surface area contributed by atoms with Gasteiger partial charge in [-0.05, 0) is 30.9 Å². The van der Waals surface area contributed by atoms with Gasteiger partial charge in [0.05, 0.1) is 0 Å². The molecule has 15 heavy (non-hydrogen) atoms. The molecule has 2 N–H and O–H groups in total. The number of nitrogens with zero attached hydrogens (tertiary/aromatic N) is 1. The van der Waals surface area contributed by atoms with Crippen molar-refractivity contribution in [3.63, 3.8) is 0 Å². The Bertz CT molecular complexity index is 322. The van der Waals surface area contributed by atoms with Crippen molar-refractivity contribution in [2.75, 3.05) is 18.0 Å². The fourth-order valence-electron chi connectivity index (χ4n) is 2.35. The largest absolute Gasteiger partial charge is 0.370 e.